The fourth-order valence-corrected chi connectivity index (χ4v) is 1.84. The van der Waals surface area contributed by atoms with Crippen molar-refractivity contribution in [1.29, 1.82) is 0 Å². The standard InChI is InChI=1S/C10H17NO2/c1-3-4-10(13)11-6-5-8(2)9(11)7-12/h3,8-9,12H,1,4-7H2,2H3. The first-order valence-electron chi connectivity index (χ1n) is 4.72. The quantitative estimate of drug-likeness (QED) is 0.657. The molecule has 0 aliphatic carbocycles. The summed E-state index contributed by atoms with van der Waals surface area (Å²) in [7, 11) is 0. The van der Waals surface area contributed by atoms with Crippen molar-refractivity contribution in [2.45, 2.75) is 25.8 Å². The molecular formula is C10H17NO2. The van der Waals surface area contributed by atoms with Crippen LogP contribution in [0.3, 0.4) is 0 Å². The third kappa shape index (κ3) is 2.10. The molecular weight excluding hydrogens is 166 g/mol. The minimum Gasteiger partial charge on any atom is -0.394 e. The van der Waals surface area contributed by atoms with Crippen LogP contribution in [0.15, 0.2) is 12.7 Å². The minimum atomic E-state index is 0.0208. The van der Waals surface area contributed by atoms with E-state index in [4.69, 9.17) is 5.11 Å². The van der Waals surface area contributed by atoms with Gasteiger partial charge in [0.15, 0.2) is 0 Å². The average molecular weight is 183 g/mol. The summed E-state index contributed by atoms with van der Waals surface area (Å²) in [6.07, 6.45) is 2.98. The molecule has 1 N–H and O–H groups in total. The van der Waals surface area contributed by atoms with Crippen molar-refractivity contribution in [3.05, 3.63) is 12.7 Å². The molecule has 1 rings (SSSR count). The number of aliphatic hydroxyl groups is 1. The van der Waals surface area contributed by atoms with Gasteiger partial charge in [-0.1, -0.05) is 13.0 Å². The molecule has 0 saturated carbocycles. The van der Waals surface area contributed by atoms with E-state index in [1.54, 1.807) is 11.0 Å². The van der Waals surface area contributed by atoms with Gasteiger partial charge >= 0.3 is 0 Å². The van der Waals surface area contributed by atoms with Crippen molar-refractivity contribution < 1.29 is 9.90 Å². The van der Waals surface area contributed by atoms with E-state index in [-0.39, 0.29) is 18.6 Å². The van der Waals surface area contributed by atoms with Gasteiger partial charge in [0.05, 0.1) is 12.6 Å². The van der Waals surface area contributed by atoms with Crippen molar-refractivity contribution in [2.24, 2.45) is 5.92 Å². The smallest absolute Gasteiger partial charge is 0.226 e. The van der Waals surface area contributed by atoms with Gasteiger partial charge < -0.3 is 10.0 Å². The Bertz CT molecular complexity index is 203. The van der Waals surface area contributed by atoms with Gasteiger partial charge in [0.25, 0.3) is 0 Å². The van der Waals surface area contributed by atoms with E-state index in [1.807, 2.05) is 0 Å². The van der Waals surface area contributed by atoms with Crippen molar-refractivity contribution in [3.8, 4) is 0 Å². The van der Waals surface area contributed by atoms with Crippen molar-refractivity contribution in [1.82, 2.24) is 4.90 Å². The predicted molar refractivity (Wildman–Crippen MR) is 51.2 cm³/mol. The van der Waals surface area contributed by atoms with Gasteiger partial charge in [-0.25, -0.2) is 0 Å². The fourth-order valence-electron chi connectivity index (χ4n) is 1.84. The lowest BCUT2D eigenvalue weighted by molar-refractivity contribution is -0.132. The van der Waals surface area contributed by atoms with E-state index in [0.29, 0.717) is 12.3 Å². The molecule has 3 nitrogen and oxygen atoms in total. The highest BCUT2D eigenvalue weighted by atomic mass is 16.3. The lowest BCUT2D eigenvalue weighted by atomic mass is 10.0. The lowest BCUT2D eigenvalue weighted by Crippen LogP contribution is -2.39. The average Bonchev–Trinajstić information content (AvgIpc) is 2.47. The molecule has 0 aromatic carbocycles. The Morgan fingerprint density at radius 3 is 3.00 bits per heavy atom. The highest BCUT2D eigenvalue weighted by molar-refractivity contribution is 5.78. The third-order valence-corrected chi connectivity index (χ3v) is 2.71. The Hall–Kier alpha value is -0.830. The molecule has 13 heavy (non-hydrogen) atoms. The van der Waals surface area contributed by atoms with Crippen LogP contribution in [0.4, 0.5) is 0 Å². The van der Waals surface area contributed by atoms with E-state index in [1.165, 1.54) is 0 Å². The third-order valence-electron chi connectivity index (χ3n) is 2.71. The summed E-state index contributed by atoms with van der Waals surface area (Å²) in [4.78, 5) is 13.3. The van der Waals surface area contributed by atoms with Crippen molar-refractivity contribution in [3.63, 3.8) is 0 Å². The summed E-state index contributed by atoms with van der Waals surface area (Å²) in [6, 6.07) is 0.0208. The van der Waals surface area contributed by atoms with Gasteiger partial charge in [0.2, 0.25) is 5.91 Å². The van der Waals surface area contributed by atoms with Crippen LogP contribution in [0.5, 0.6) is 0 Å². The van der Waals surface area contributed by atoms with Crippen LogP contribution in [0, 0.1) is 5.92 Å². The summed E-state index contributed by atoms with van der Waals surface area (Å²) < 4.78 is 0. The molecule has 0 aromatic heterocycles. The molecule has 2 atom stereocenters. The number of hydrogen-bond donors (Lipinski definition) is 1. The number of carbonyl (C=O) groups excluding carboxylic acids is 1. The Morgan fingerprint density at radius 2 is 2.46 bits per heavy atom. The molecule has 74 valence electrons. The van der Waals surface area contributed by atoms with E-state index in [9.17, 15) is 4.79 Å². The molecule has 1 fully saturated rings. The molecule has 1 saturated heterocycles. The van der Waals surface area contributed by atoms with Gasteiger partial charge in [-0.3, -0.25) is 4.79 Å². The minimum absolute atomic E-state index is 0.0208. The van der Waals surface area contributed by atoms with Gasteiger partial charge in [0, 0.05) is 13.0 Å². The molecule has 1 heterocycles. The monoisotopic (exact) mass is 183 g/mol. The molecule has 0 bridgehead atoms. The molecule has 3 heteroatoms. The first kappa shape index (κ1) is 10.3. The number of likely N-dealkylation sites (tertiary alicyclic amines) is 1. The number of rotatable bonds is 3. The molecule has 0 aromatic rings. The molecule has 0 radical (unpaired) electrons. The summed E-state index contributed by atoms with van der Waals surface area (Å²) >= 11 is 0. The Balaban J connectivity index is 2.59. The molecule has 0 spiro atoms. The fraction of sp³-hybridized carbons (Fsp3) is 0.700. The van der Waals surface area contributed by atoms with Crippen molar-refractivity contribution in [2.75, 3.05) is 13.2 Å². The highest BCUT2D eigenvalue weighted by Gasteiger charge is 2.32. The van der Waals surface area contributed by atoms with Gasteiger partial charge in [-0.2, -0.15) is 0 Å². The second kappa shape index (κ2) is 4.42. The van der Waals surface area contributed by atoms with Gasteiger partial charge in [-0.15, -0.1) is 6.58 Å². The molecule has 1 amide bonds. The number of carbonyl (C=O) groups is 1. The zero-order valence-corrected chi connectivity index (χ0v) is 8.07. The normalized spacial score (nSPS) is 27.7. The summed E-state index contributed by atoms with van der Waals surface area (Å²) in [6.45, 7) is 6.45. The first-order valence-corrected chi connectivity index (χ1v) is 4.72. The summed E-state index contributed by atoms with van der Waals surface area (Å²) in [5.74, 6) is 0.497. The topological polar surface area (TPSA) is 40.5 Å². The number of nitrogens with zero attached hydrogens (tertiary/aromatic N) is 1. The van der Waals surface area contributed by atoms with Gasteiger partial charge in [0.1, 0.15) is 0 Å². The Labute approximate surface area is 79.0 Å². The van der Waals surface area contributed by atoms with Crippen LogP contribution in [0.1, 0.15) is 19.8 Å². The second-order valence-corrected chi connectivity index (χ2v) is 3.60. The maximum absolute atomic E-state index is 11.5. The molecule has 1 aliphatic rings. The van der Waals surface area contributed by atoms with E-state index in [0.717, 1.165) is 13.0 Å². The van der Waals surface area contributed by atoms with E-state index in [2.05, 4.69) is 13.5 Å². The lowest BCUT2D eigenvalue weighted by Gasteiger charge is -2.24. The summed E-state index contributed by atoms with van der Waals surface area (Å²) in [5, 5.41) is 9.10. The number of amides is 1. The largest absolute Gasteiger partial charge is 0.394 e. The van der Waals surface area contributed by atoms with E-state index >= 15 is 0 Å². The van der Waals surface area contributed by atoms with Crippen LogP contribution in [-0.2, 0) is 4.79 Å². The number of hydrogen-bond acceptors (Lipinski definition) is 2. The Kier molecular flexibility index (Phi) is 3.48. The zero-order valence-electron chi connectivity index (χ0n) is 8.07. The van der Waals surface area contributed by atoms with Crippen LogP contribution in [-0.4, -0.2) is 35.1 Å². The second-order valence-electron chi connectivity index (χ2n) is 3.60. The van der Waals surface area contributed by atoms with E-state index < -0.39 is 0 Å². The highest BCUT2D eigenvalue weighted by Crippen LogP contribution is 2.23. The predicted octanol–water partition coefficient (Wildman–Crippen LogP) is 0.792. The zero-order chi connectivity index (χ0) is 9.84. The molecule has 2 unspecified atom stereocenters. The Morgan fingerprint density at radius 1 is 1.77 bits per heavy atom. The van der Waals surface area contributed by atoms with Crippen molar-refractivity contribution >= 4 is 5.91 Å². The molecule has 1 aliphatic heterocycles. The van der Waals surface area contributed by atoms with Crippen LogP contribution in [0.2, 0.25) is 0 Å². The van der Waals surface area contributed by atoms with Crippen LogP contribution in [0.25, 0.3) is 0 Å². The SMILES string of the molecule is C=CCC(=O)N1CCC(C)C1CO. The number of aliphatic hydroxyl groups excluding tert-OH is 1. The van der Waals surface area contributed by atoms with Crippen LogP contribution < -0.4 is 0 Å². The maximum atomic E-state index is 11.5. The summed E-state index contributed by atoms with van der Waals surface area (Å²) in [5.41, 5.74) is 0. The van der Waals surface area contributed by atoms with Crippen LogP contribution >= 0.6 is 0 Å². The maximum Gasteiger partial charge on any atom is 0.226 e. The first-order chi connectivity index (χ1) is 6.20. The van der Waals surface area contributed by atoms with Gasteiger partial charge in [-0.05, 0) is 12.3 Å².